The van der Waals surface area contributed by atoms with E-state index in [9.17, 15) is 4.79 Å². The first-order valence-corrected chi connectivity index (χ1v) is 6.48. The molecule has 1 aromatic heterocycles. The molecule has 4 nitrogen and oxygen atoms in total. The van der Waals surface area contributed by atoms with E-state index < -0.39 is 0 Å². The highest BCUT2D eigenvalue weighted by Gasteiger charge is 2.26. The molecule has 102 valence electrons. The maximum Gasteiger partial charge on any atom is 0.287 e. The number of furan rings is 1. The van der Waals surface area contributed by atoms with E-state index in [-0.39, 0.29) is 17.4 Å². The first-order valence-electron chi connectivity index (χ1n) is 6.48. The minimum absolute atomic E-state index is 0.0186. The predicted octanol–water partition coefficient (Wildman–Crippen LogP) is 2.34. The van der Waals surface area contributed by atoms with Gasteiger partial charge in [0, 0.05) is 12.5 Å². The number of carbonyl (C=O) groups excluding carboxylic acids is 1. The third kappa shape index (κ3) is 3.88. The molecule has 1 rings (SSSR count). The normalized spacial score (nSPS) is 13.4. The lowest BCUT2D eigenvalue weighted by Crippen LogP contribution is -2.44. The molecule has 0 aromatic carbocycles. The first kappa shape index (κ1) is 14.8. The highest BCUT2D eigenvalue weighted by atomic mass is 16.3. The van der Waals surface area contributed by atoms with E-state index >= 15 is 0 Å². The zero-order chi connectivity index (χ0) is 13.8. The van der Waals surface area contributed by atoms with Gasteiger partial charge >= 0.3 is 0 Å². The number of hydrogen-bond acceptors (Lipinski definition) is 3. The highest BCUT2D eigenvalue weighted by molar-refractivity contribution is 5.91. The van der Waals surface area contributed by atoms with Gasteiger partial charge < -0.3 is 15.5 Å². The summed E-state index contributed by atoms with van der Waals surface area (Å²) in [7, 11) is 0. The largest absolute Gasteiger partial charge is 0.456 e. The van der Waals surface area contributed by atoms with Crippen LogP contribution in [0.2, 0.25) is 0 Å². The molecule has 0 radical (unpaired) electrons. The number of hydrogen-bond donors (Lipinski definition) is 2. The Morgan fingerprint density at radius 1 is 1.44 bits per heavy atom. The Hall–Kier alpha value is -1.29. The summed E-state index contributed by atoms with van der Waals surface area (Å²) < 4.78 is 5.44. The van der Waals surface area contributed by atoms with E-state index in [4.69, 9.17) is 10.2 Å². The zero-order valence-electron chi connectivity index (χ0n) is 11.7. The van der Waals surface area contributed by atoms with Crippen molar-refractivity contribution in [3.63, 3.8) is 0 Å². The van der Waals surface area contributed by atoms with Crippen LogP contribution in [-0.2, 0) is 6.42 Å². The van der Waals surface area contributed by atoms with E-state index in [1.807, 2.05) is 13.0 Å². The second-order valence-corrected chi connectivity index (χ2v) is 5.59. The van der Waals surface area contributed by atoms with Crippen molar-refractivity contribution in [2.24, 2.45) is 11.1 Å². The molecule has 1 aromatic rings. The van der Waals surface area contributed by atoms with E-state index in [0.717, 1.165) is 18.6 Å². The maximum atomic E-state index is 12.1. The summed E-state index contributed by atoms with van der Waals surface area (Å²) in [4.78, 5) is 12.1. The van der Waals surface area contributed by atoms with Crippen molar-refractivity contribution < 1.29 is 9.21 Å². The zero-order valence-corrected chi connectivity index (χ0v) is 11.7. The summed E-state index contributed by atoms with van der Waals surface area (Å²) >= 11 is 0. The van der Waals surface area contributed by atoms with Crippen LogP contribution in [0, 0.1) is 5.41 Å². The van der Waals surface area contributed by atoms with Crippen molar-refractivity contribution >= 4 is 5.91 Å². The fourth-order valence-electron chi connectivity index (χ4n) is 1.81. The molecule has 4 heteroatoms. The number of rotatable bonds is 5. The quantitative estimate of drug-likeness (QED) is 0.845. The summed E-state index contributed by atoms with van der Waals surface area (Å²) in [5.41, 5.74) is 5.57. The van der Waals surface area contributed by atoms with Gasteiger partial charge in [-0.2, -0.15) is 0 Å². The van der Waals surface area contributed by atoms with Crippen molar-refractivity contribution in [1.29, 1.82) is 0 Å². The molecular weight excluding hydrogens is 228 g/mol. The Morgan fingerprint density at radius 3 is 2.56 bits per heavy atom. The third-order valence-electron chi connectivity index (χ3n) is 3.04. The summed E-state index contributed by atoms with van der Waals surface area (Å²) in [6, 6.07) is 3.60. The van der Waals surface area contributed by atoms with Gasteiger partial charge in [-0.1, -0.05) is 27.7 Å². The molecule has 0 saturated carbocycles. The summed E-state index contributed by atoms with van der Waals surface area (Å²) in [5.74, 6) is 1.03. The molecule has 1 amide bonds. The summed E-state index contributed by atoms with van der Waals surface area (Å²) in [6.45, 7) is 8.82. The molecule has 18 heavy (non-hydrogen) atoms. The van der Waals surface area contributed by atoms with Gasteiger partial charge in [-0.15, -0.1) is 0 Å². The minimum atomic E-state index is -0.164. The minimum Gasteiger partial charge on any atom is -0.456 e. The molecule has 0 fully saturated rings. The number of nitrogens with two attached hydrogens (primary N) is 1. The molecular formula is C14H24N2O2. The third-order valence-corrected chi connectivity index (χ3v) is 3.04. The highest BCUT2D eigenvalue weighted by Crippen LogP contribution is 2.22. The Balaban J connectivity index is 2.72. The standard InChI is InChI=1S/C14H24N2O2/c1-5-10-6-7-11(18-10)13(17)16-12(8-9-15)14(2,3)4/h6-7,12H,5,8-9,15H2,1-4H3,(H,16,17). The van der Waals surface area contributed by atoms with Crippen molar-refractivity contribution in [2.75, 3.05) is 6.54 Å². The molecule has 0 spiro atoms. The average molecular weight is 252 g/mol. The van der Waals surface area contributed by atoms with Crippen LogP contribution in [0.15, 0.2) is 16.5 Å². The molecule has 1 atom stereocenters. The number of carbonyl (C=O) groups is 1. The SMILES string of the molecule is CCc1ccc(C(=O)NC(CCN)C(C)(C)C)o1. The molecule has 0 aliphatic heterocycles. The Bertz CT molecular complexity index is 391. The van der Waals surface area contributed by atoms with E-state index in [1.54, 1.807) is 6.07 Å². The van der Waals surface area contributed by atoms with Crippen molar-refractivity contribution in [2.45, 2.75) is 46.6 Å². The fourth-order valence-corrected chi connectivity index (χ4v) is 1.81. The molecule has 1 unspecified atom stereocenters. The molecule has 0 aliphatic rings. The maximum absolute atomic E-state index is 12.1. The van der Waals surface area contributed by atoms with Gasteiger partial charge in [0.15, 0.2) is 5.76 Å². The van der Waals surface area contributed by atoms with Gasteiger partial charge in [-0.05, 0) is 30.5 Å². The van der Waals surface area contributed by atoms with E-state index in [0.29, 0.717) is 12.3 Å². The van der Waals surface area contributed by atoms with Crippen molar-refractivity contribution in [3.8, 4) is 0 Å². The van der Waals surface area contributed by atoms with Crippen LogP contribution < -0.4 is 11.1 Å². The van der Waals surface area contributed by atoms with Crippen LogP contribution in [0.1, 0.15) is 50.4 Å². The Kier molecular flexibility index (Phi) is 4.96. The second kappa shape index (κ2) is 6.05. The van der Waals surface area contributed by atoms with E-state index in [2.05, 4.69) is 26.1 Å². The van der Waals surface area contributed by atoms with Gasteiger partial charge in [0.25, 0.3) is 5.91 Å². The van der Waals surface area contributed by atoms with Gasteiger partial charge in [0.2, 0.25) is 0 Å². The van der Waals surface area contributed by atoms with Crippen molar-refractivity contribution in [1.82, 2.24) is 5.32 Å². The van der Waals surface area contributed by atoms with Gasteiger partial charge in [0.05, 0.1) is 0 Å². The number of amides is 1. The summed E-state index contributed by atoms with van der Waals surface area (Å²) in [6.07, 6.45) is 1.55. The topological polar surface area (TPSA) is 68.3 Å². The van der Waals surface area contributed by atoms with Crippen LogP contribution in [-0.4, -0.2) is 18.5 Å². The average Bonchev–Trinajstić information content (AvgIpc) is 2.75. The van der Waals surface area contributed by atoms with Crippen LogP contribution in [0.25, 0.3) is 0 Å². The van der Waals surface area contributed by atoms with Gasteiger partial charge in [-0.3, -0.25) is 4.79 Å². The molecule has 0 saturated heterocycles. The van der Waals surface area contributed by atoms with Crippen LogP contribution in [0.3, 0.4) is 0 Å². The van der Waals surface area contributed by atoms with Crippen molar-refractivity contribution in [3.05, 3.63) is 23.7 Å². The summed E-state index contributed by atoms with van der Waals surface area (Å²) in [5, 5.41) is 3.00. The number of aryl methyl sites for hydroxylation is 1. The van der Waals surface area contributed by atoms with Crippen LogP contribution in [0.5, 0.6) is 0 Å². The Morgan fingerprint density at radius 2 is 2.11 bits per heavy atom. The smallest absolute Gasteiger partial charge is 0.287 e. The monoisotopic (exact) mass is 252 g/mol. The van der Waals surface area contributed by atoms with Crippen LogP contribution in [0.4, 0.5) is 0 Å². The van der Waals surface area contributed by atoms with Crippen LogP contribution >= 0.6 is 0 Å². The van der Waals surface area contributed by atoms with Gasteiger partial charge in [0.1, 0.15) is 5.76 Å². The fraction of sp³-hybridized carbons (Fsp3) is 0.643. The second-order valence-electron chi connectivity index (χ2n) is 5.59. The van der Waals surface area contributed by atoms with E-state index in [1.165, 1.54) is 0 Å². The lowest BCUT2D eigenvalue weighted by atomic mass is 9.84. The molecule has 3 N–H and O–H groups in total. The predicted molar refractivity (Wildman–Crippen MR) is 72.5 cm³/mol. The Labute approximate surface area is 109 Å². The molecule has 1 heterocycles. The first-order chi connectivity index (χ1) is 8.38. The molecule has 0 bridgehead atoms. The lowest BCUT2D eigenvalue weighted by Gasteiger charge is -2.31. The molecule has 0 aliphatic carbocycles. The lowest BCUT2D eigenvalue weighted by molar-refractivity contribution is 0.0869. The number of nitrogens with one attached hydrogen (secondary N) is 1. The van der Waals surface area contributed by atoms with Gasteiger partial charge in [-0.25, -0.2) is 0 Å².